The Bertz CT molecular complexity index is 75.7. The van der Waals surface area contributed by atoms with Crippen molar-refractivity contribution in [3.8, 4) is 0 Å². The van der Waals surface area contributed by atoms with Gasteiger partial charge in [-0.2, -0.15) is 0 Å². The molecule has 1 atom stereocenters. The summed E-state index contributed by atoms with van der Waals surface area (Å²) >= 11 is 0. The second kappa shape index (κ2) is 7.98. The zero-order chi connectivity index (χ0) is 8.53. The van der Waals surface area contributed by atoms with Gasteiger partial charge in [0.1, 0.15) is 0 Å². The highest BCUT2D eigenvalue weighted by molar-refractivity contribution is 4.61. The van der Waals surface area contributed by atoms with Crippen molar-refractivity contribution >= 4 is 0 Å². The molecule has 0 heterocycles. The summed E-state index contributed by atoms with van der Waals surface area (Å²) in [5, 5.41) is 6.52. The molecule has 0 aromatic rings. The fourth-order valence-electron chi connectivity index (χ4n) is 0.785. The van der Waals surface area contributed by atoms with Gasteiger partial charge in [0.25, 0.3) is 0 Å². The Kier molecular flexibility index (Phi) is 7.89. The first-order valence-electron chi connectivity index (χ1n) is 4.48. The van der Waals surface area contributed by atoms with E-state index in [0.717, 1.165) is 32.6 Å². The third kappa shape index (κ3) is 7.78. The van der Waals surface area contributed by atoms with Gasteiger partial charge in [-0.3, -0.25) is 0 Å². The smallest absolute Gasteiger partial charge is 0.0162 e. The highest BCUT2D eigenvalue weighted by atomic mass is 14.9. The minimum absolute atomic E-state index is 0.316. The van der Waals surface area contributed by atoms with Gasteiger partial charge in [-0.05, 0) is 13.0 Å². The third-order valence-electron chi connectivity index (χ3n) is 1.66. The first-order valence-corrected chi connectivity index (χ1v) is 4.48. The van der Waals surface area contributed by atoms with Gasteiger partial charge in [-0.15, -0.1) is 0 Å². The summed E-state index contributed by atoms with van der Waals surface area (Å²) in [4.78, 5) is 0. The third-order valence-corrected chi connectivity index (χ3v) is 1.66. The number of nitrogens with one attached hydrogen (secondary N) is 2. The van der Waals surface area contributed by atoms with Gasteiger partial charge in [-0.1, -0.05) is 13.8 Å². The van der Waals surface area contributed by atoms with Crippen LogP contribution in [0.4, 0.5) is 0 Å². The van der Waals surface area contributed by atoms with Gasteiger partial charge in [-0.25, -0.2) is 0 Å². The fraction of sp³-hybridized carbons (Fsp3) is 1.00. The Labute approximate surface area is 69.7 Å². The Morgan fingerprint density at radius 3 is 2.36 bits per heavy atom. The molecule has 0 amide bonds. The average Bonchev–Trinajstić information content (AvgIpc) is 2.04. The molecule has 0 bridgehead atoms. The molecule has 3 heteroatoms. The number of hydrogen-bond donors (Lipinski definition) is 3. The molecule has 0 aromatic carbocycles. The predicted molar refractivity (Wildman–Crippen MR) is 49.7 cm³/mol. The average molecular weight is 159 g/mol. The van der Waals surface area contributed by atoms with E-state index in [2.05, 4.69) is 24.5 Å². The number of likely N-dealkylation sites (N-methyl/N-ethyl adjacent to an activating group) is 1. The molecule has 0 fully saturated rings. The quantitative estimate of drug-likeness (QED) is 0.456. The van der Waals surface area contributed by atoms with Crippen LogP contribution < -0.4 is 16.4 Å². The lowest BCUT2D eigenvalue weighted by Gasteiger charge is -2.09. The molecule has 0 saturated carbocycles. The van der Waals surface area contributed by atoms with Crippen LogP contribution in [0, 0.1) is 0 Å². The number of rotatable bonds is 7. The van der Waals surface area contributed by atoms with Crippen molar-refractivity contribution < 1.29 is 0 Å². The maximum atomic E-state index is 5.70. The summed E-state index contributed by atoms with van der Waals surface area (Å²) in [6, 6.07) is 0.316. The fourth-order valence-corrected chi connectivity index (χ4v) is 0.785. The van der Waals surface area contributed by atoms with Crippen molar-refractivity contribution in [1.82, 2.24) is 10.6 Å². The monoisotopic (exact) mass is 159 g/mol. The molecule has 3 nitrogen and oxygen atoms in total. The van der Waals surface area contributed by atoms with E-state index in [9.17, 15) is 0 Å². The lowest BCUT2D eigenvalue weighted by Crippen LogP contribution is -2.36. The topological polar surface area (TPSA) is 50.1 Å². The van der Waals surface area contributed by atoms with Crippen LogP contribution in [0.25, 0.3) is 0 Å². The molecule has 0 radical (unpaired) electrons. The number of nitrogens with two attached hydrogens (primary N) is 1. The summed E-state index contributed by atoms with van der Waals surface area (Å²) in [6.45, 7) is 8.24. The maximum absolute atomic E-state index is 5.70. The van der Waals surface area contributed by atoms with Crippen LogP contribution in [0.5, 0.6) is 0 Å². The maximum Gasteiger partial charge on any atom is 0.0162 e. The Morgan fingerprint density at radius 2 is 1.82 bits per heavy atom. The van der Waals surface area contributed by atoms with Crippen LogP contribution in [0.3, 0.4) is 0 Å². The largest absolute Gasteiger partial charge is 0.327 e. The van der Waals surface area contributed by atoms with Crippen molar-refractivity contribution in [1.29, 1.82) is 0 Å². The summed E-state index contributed by atoms with van der Waals surface area (Å²) in [6.07, 6.45) is 1.05. The highest BCUT2D eigenvalue weighted by Gasteiger charge is 1.95. The molecule has 0 spiro atoms. The van der Waals surface area contributed by atoms with E-state index in [1.165, 1.54) is 0 Å². The Balaban J connectivity index is 2.89. The van der Waals surface area contributed by atoms with Crippen molar-refractivity contribution in [2.24, 2.45) is 5.73 Å². The lowest BCUT2D eigenvalue weighted by molar-refractivity contribution is 0.549. The molecule has 0 aliphatic carbocycles. The Hall–Kier alpha value is -0.120. The van der Waals surface area contributed by atoms with Gasteiger partial charge in [0.05, 0.1) is 0 Å². The van der Waals surface area contributed by atoms with Crippen LogP contribution in [0.15, 0.2) is 0 Å². The van der Waals surface area contributed by atoms with Crippen LogP contribution in [-0.2, 0) is 0 Å². The summed E-state index contributed by atoms with van der Waals surface area (Å²) in [5.41, 5.74) is 5.70. The molecular weight excluding hydrogens is 138 g/mol. The van der Waals surface area contributed by atoms with Gasteiger partial charge in [0.2, 0.25) is 0 Å². The second-order valence-electron chi connectivity index (χ2n) is 2.73. The lowest BCUT2D eigenvalue weighted by atomic mass is 10.2. The molecule has 0 saturated heterocycles. The first kappa shape index (κ1) is 10.9. The van der Waals surface area contributed by atoms with E-state index in [4.69, 9.17) is 5.73 Å². The van der Waals surface area contributed by atoms with Gasteiger partial charge in [0.15, 0.2) is 0 Å². The minimum Gasteiger partial charge on any atom is -0.327 e. The molecule has 4 N–H and O–H groups in total. The summed E-state index contributed by atoms with van der Waals surface area (Å²) < 4.78 is 0. The van der Waals surface area contributed by atoms with E-state index in [1.54, 1.807) is 0 Å². The van der Waals surface area contributed by atoms with Crippen molar-refractivity contribution in [2.75, 3.05) is 26.2 Å². The van der Waals surface area contributed by atoms with E-state index in [0.29, 0.717) is 6.04 Å². The van der Waals surface area contributed by atoms with Gasteiger partial charge >= 0.3 is 0 Å². The molecule has 0 rings (SSSR count). The predicted octanol–water partition coefficient (Wildman–Crippen LogP) is -0.0772. The van der Waals surface area contributed by atoms with Crippen LogP contribution >= 0.6 is 0 Å². The molecule has 68 valence electrons. The normalized spacial score (nSPS) is 13.4. The zero-order valence-corrected chi connectivity index (χ0v) is 7.69. The van der Waals surface area contributed by atoms with Crippen LogP contribution in [-0.4, -0.2) is 32.2 Å². The SMILES string of the molecule is CCNCCNCC(N)CC. The standard InChI is InChI=1S/C8H21N3/c1-3-8(9)7-11-6-5-10-4-2/h8,10-11H,3-7,9H2,1-2H3. The van der Waals surface area contributed by atoms with E-state index >= 15 is 0 Å². The molecule has 0 aliphatic heterocycles. The summed E-state index contributed by atoms with van der Waals surface area (Å²) in [7, 11) is 0. The zero-order valence-electron chi connectivity index (χ0n) is 7.69. The molecule has 1 unspecified atom stereocenters. The number of hydrogen-bond acceptors (Lipinski definition) is 3. The van der Waals surface area contributed by atoms with Gasteiger partial charge in [0, 0.05) is 25.7 Å². The van der Waals surface area contributed by atoms with E-state index in [1.807, 2.05) is 0 Å². The summed E-state index contributed by atoms with van der Waals surface area (Å²) in [5.74, 6) is 0. The highest BCUT2D eigenvalue weighted by Crippen LogP contribution is 1.80. The second-order valence-corrected chi connectivity index (χ2v) is 2.73. The molecular formula is C8H21N3. The Morgan fingerprint density at radius 1 is 1.18 bits per heavy atom. The van der Waals surface area contributed by atoms with E-state index < -0.39 is 0 Å². The molecule has 11 heavy (non-hydrogen) atoms. The van der Waals surface area contributed by atoms with Crippen molar-refractivity contribution in [2.45, 2.75) is 26.3 Å². The van der Waals surface area contributed by atoms with Crippen LogP contribution in [0.1, 0.15) is 20.3 Å². The van der Waals surface area contributed by atoms with Crippen LogP contribution in [0.2, 0.25) is 0 Å². The van der Waals surface area contributed by atoms with Crippen molar-refractivity contribution in [3.63, 3.8) is 0 Å². The van der Waals surface area contributed by atoms with Gasteiger partial charge < -0.3 is 16.4 Å². The van der Waals surface area contributed by atoms with E-state index in [-0.39, 0.29) is 0 Å². The first-order chi connectivity index (χ1) is 5.31. The molecule has 0 aromatic heterocycles. The minimum atomic E-state index is 0.316. The molecule has 0 aliphatic rings. The van der Waals surface area contributed by atoms with Crippen molar-refractivity contribution in [3.05, 3.63) is 0 Å².